The second kappa shape index (κ2) is 10.3. The van der Waals surface area contributed by atoms with Gasteiger partial charge < -0.3 is 14.8 Å². The molecule has 2 aliphatic heterocycles. The molecule has 7 atom stereocenters. The van der Waals surface area contributed by atoms with Crippen LogP contribution in [0.15, 0.2) is 52.3 Å². The summed E-state index contributed by atoms with van der Waals surface area (Å²) in [4.78, 5) is 67.0. The number of aromatic amines is 1. The summed E-state index contributed by atoms with van der Waals surface area (Å²) in [6, 6.07) is 12.3. The van der Waals surface area contributed by atoms with E-state index in [-0.39, 0.29) is 65.0 Å². The lowest BCUT2D eigenvalue weighted by atomic mass is 9.68. The van der Waals surface area contributed by atoms with Gasteiger partial charge in [0.2, 0.25) is 11.8 Å². The van der Waals surface area contributed by atoms with Gasteiger partial charge in [-0.25, -0.2) is 0 Å². The van der Waals surface area contributed by atoms with Gasteiger partial charge in [0.05, 0.1) is 28.2 Å². The molecule has 2 N–H and O–H groups in total. The van der Waals surface area contributed by atoms with Crippen molar-refractivity contribution in [2.45, 2.75) is 42.6 Å². The third-order valence-corrected chi connectivity index (χ3v) is 12.1. The predicted octanol–water partition coefficient (Wildman–Crippen LogP) is 4.18. The Morgan fingerprint density at radius 2 is 1.88 bits per heavy atom. The minimum absolute atomic E-state index is 0.106. The highest BCUT2D eigenvalue weighted by atomic mass is 32.2. The van der Waals surface area contributed by atoms with Crippen molar-refractivity contribution in [2.24, 2.45) is 29.6 Å². The molecule has 1 aromatic heterocycles. The van der Waals surface area contributed by atoms with Crippen molar-refractivity contribution < 1.29 is 29.2 Å². The maximum Gasteiger partial charge on any atom is 0.305 e. The number of nitro benzene ring substituents is 1. The Kier molecular flexibility index (Phi) is 6.69. The van der Waals surface area contributed by atoms with Crippen LogP contribution in [0.3, 0.4) is 0 Å². The molecule has 0 spiro atoms. The van der Waals surface area contributed by atoms with Crippen molar-refractivity contribution in [1.29, 1.82) is 0 Å². The number of non-ortho nitro benzene ring substituents is 1. The number of amides is 2. The number of carbonyl (C=O) groups excluding carboxylic acids is 2. The zero-order chi connectivity index (χ0) is 30.2. The number of carboxylic acid groups (broad SMARTS) is 1. The largest absolute Gasteiger partial charge is 0.489 e. The number of thiazole rings is 1. The molecule has 7 rings (SSSR count). The van der Waals surface area contributed by atoms with Crippen molar-refractivity contribution in [2.75, 3.05) is 6.54 Å². The summed E-state index contributed by atoms with van der Waals surface area (Å²) < 4.78 is 6.34. The summed E-state index contributed by atoms with van der Waals surface area (Å²) in [5, 5.41) is 21.7. The number of nitrogens with one attached hydrogen (secondary N) is 1. The number of H-pyrrole nitrogens is 1. The van der Waals surface area contributed by atoms with Gasteiger partial charge in [0, 0.05) is 40.3 Å². The van der Waals surface area contributed by atoms with Crippen molar-refractivity contribution in [3.63, 3.8) is 0 Å². The lowest BCUT2D eigenvalue weighted by Gasteiger charge is -2.43. The molecule has 43 heavy (non-hydrogen) atoms. The molecule has 6 unspecified atom stereocenters. The van der Waals surface area contributed by atoms with Gasteiger partial charge in [-0.05, 0) is 48.3 Å². The number of thioether (sulfide) groups is 1. The summed E-state index contributed by atoms with van der Waals surface area (Å²) in [5.41, 5.74) is 2.49. The van der Waals surface area contributed by atoms with Crippen LogP contribution in [0, 0.1) is 46.6 Å². The van der Waals surface area contributed by atoms with Crippen LogP contribution in [0.25, 0.3) is 0 Å². The summed E-state index contributed by atoms with van der Waals surface area (Å²) in [6.45, 7) is 2.06. The minimum atomic E-state index is -1.08. The predicted molar refractivity (Wildman–Crippen MR) is 156 cm³/mol. The molecule has 2 amide bonds. The number of fused-ring (bicyclic) bond motifs is 9. The number of carbonyl (C=O) groups is 3. The number of aryl methyl sites for hydroxylation is 1. The molecule has 2 aromatic carbocycles. The zero-order valence-electron chi connectivity index (χ0n) is 22.9. The fourth-order valence-electron chi connectivity index (χ4n) is 7.81. The van der Waals surface area contributed by atoms with Gasteiger partial charge in [-0.3, -0.25) is 34.2 Å². The summed E-state index contributed by atoms with van der Waals surface area (Å²) in [5.74, 6) is -3.40. The molecule has 2 aliphatic carbocycles. The maximum atomic E-state index is 13.6. The Bertz CT molecular complexity index is 1750. The number of ether oxygens (including phenoxy) is 1. The second-order valence-corrected chi connectivity index (χ2v) is 13.8. The van der Waals surface area contributed by atoms with Crippen LogP contribution in [0.2, 0.25) is 0 Å². The number of nitrogens with zero attached hydrogens (tertiary/aromatic N) is 2. The molecule has 2 bridgehead atoms. The van der Waals surface area contributed by atoms with Crippen LogP contribution >= 0.6 is 23.1 Å². The highest BCUT2D eigenvalue weighted by Gasteiger charge is 2.69. The molecule has 0 radical (unpaired) electrons. The molecule has 11 nitrogen and oxygen atoms in total. The van der Waals surface area contributed by atoms with E-state index in [4.69, 9.17) is 4.74 Å². The van der Waals surface area contributed by atoms with Crippen LogP contribution < -0.4 is 9.61 Å². The first-order valence-corrected chi connectivity index (χ1v) is 15.8. The van der Waals surface area contributed by atoms with Crippen LogP contribution in [-0.4, -0.2) is 49.5 Å². The number of imide groups is 1. The first-order valence-electron chi connectivity index (χ1n) is 14.1. The minimum Gasteiger partial charge on any atom is -0.489 e. The van der Waals surface area contributed by atoms with Crippen LogP contribution in [0.4, 0.5) is 5.69 Å². The highest BCUT2D eigenvalue weighted by molar-refractivity contribution is 8.00. The monoisotopic (exact) mass is 621 g/mol. The van der Waals surface area contributed by atoms with E-state index in [1.54, 1.807) is 6.07 Å². The van der Waals surface area contributed by atoms with Gasteiger partial charge in [-0.2, -0.15) is 0 Å². The average Bonchev–Trinajstić information content (AvgIpc) is 3.70. The first kappa shape index (κ1) is 27.8. The summed E-state index contributed by atoms with van der Waals surface area (Å²) in [6.07, 6.45) is 0.330. The topological polar surface area (TPSA) is 160 Å². The average molecular weight is 622 g/mol. The third kappa shape index (κ3) is 4.39. The molecule has 3 fully saturated rings. The first-order chi connectivity index (χ1) is 20.6. The summed E-state index contributed by atoms with van der Waals surface area (Å²) >= 11 is 2.58. The van der Waals surface area contributed by atoms with Crippen LogP contribution in [0.1, 0.15) is 40.3 Å². The van der Waals surface area contributed by atoms with Crippen molar-refractivity contribution in [3.8, 4) is 5.75 Å². The fraction of sp³-hybridized carbons (Fsp3) is 0.400. The van der Waals surface area contributed by atoms with E-state index >= 15 is 0 Å². The Hall–Kier alpha value is -3.97. The van der Waals surface area contributed by atoms with Gasteiger partial charge in [-0.1, -0.05) is 35.6 Å². The van der Waals surface area contributed by atoms with Crippen molar-refractivity contribution >= 4 is 46.6 Å². The van der Waals surface area contributed by atoms with Gasteiger partial charge in [-0.15, -0.1) is 11.8 Å². The summed E-state index contributed by atoms with van der Waals surface area (Å²) in [7, 11) is 0. The number of likely N-dealkylation sites (tertiary alicyclic amines) is 1. The number of aromatic nitrogens is 1. The Labute approximate surface area is 253 Å². The number of hydrogen-bond acceptors (Lipinski definition) is 9. The lowest BCUT2D eigenvalue weighted by Crippen LogP contribution is -2.42. The molecule has 4 aliphatic rings. The molecule has 3 heterocycles. The Morgan fingerprint density at radius 3 is 2.60 bits per heavy atom. The fourth-order valence-corrected chi connectivity index (χ4v) is 10.7. The lowest BCUT2D eigenvalue weighted by molar-refractivity contribution is -0.385. The van der Waals surface area contributed by atoms with E-state index in [1.165, 1.54) is 23.9 Å². The van der Waals surface area contributed by atoms with E-state index < -0.39 is 28.6 Å². The smallest absolute Gasteiger partial charge is 0.305 e. The van der Waals surface area contributed by atoms with Crippen LogP contribution in [0.5, 0.6) is 5.75 Å². The molecule has 13 heteroatoms. The highest BCUT2D eigenvalue weighted by Crippen LogP contribution is 2.69. The number of nitro groups is 1. The van der Waals surface area contributed by atoms with E-state index in [9.17, 15) is 34.4 Å². The number of aliphatic carboxylic acids is 1. The van der Waals surface area contributed by atoms with E-state index in [2.05, 4.69) is 4.98 Å². The number of hydrogen-bond donors (Lipinski definition) is 2. The Balaban J connectivity index is 1.31. The molecule has 222 valence electrons. The molecule has 3 aromatic rings. The molecular formula is C30H27N3O8S2. The van der Waals surface area contributed by atoms with Crippen molar-refractivity contribution in [1.82, 2.24) is 9.88 Å². The number of benzene rings is 2. The Morgan fingerprint density at radius 1 is 1.14 bits per heavy atom. The zero-order valence-corrected chi connectivity index (χ0v) is 24.6. The van der Waals surface area contributed by atoms with E-state index in [1.807, 2.05) is 31.2 Å². The standard InChI is InChI=1S/C30H27N3O8S2/c1-13-4-2-3-5-14(13)12-41-19-7-6-15(33(39)40)10-16(19)21-22-17-11-18(25(22)42-27-26(21)43-30(38)31-27)24-23(17)28(36)32(29(24)37)9-8-20(34)35/h2-7,10,17-18,21-25H,8-9,11-12H2,1H3,(H,31,38)(H,34,35)/t17?,18?,21-,22?,23?,24?,25?/m1/s1. The quantitative estimate of drug-likeness (QED) is 0.214. The third-order valence-electron chi connectivity index (χ3n) is 9.55. The second-order valence-electron chi connectivity index (χ2n) is 11.6. The van der Waals surface area contributed by atoms with Gasteiger partial charge in [0.15, 0.2) is 0 Å². The maximum absolute atomic E-state index is 13.6. The van der Waals surface area contributed by atoms with Crippen LogP contribution in [-0.2, 0) is 21.0 Å². The van der Waals surface area contributed by atoms with E-state index in [0.717, 1.165) is 32.2 Å². The van der Waals surface area contributed by atoms with Gasteiger partial charge >= 0.3 is 10.8 Å². The molecule has 2 saturated carbocycles. The SMILES string of the molecule is Cc1ccccc1COc1ccc([N+](=O)[O-])cc1[C@H]1c2sc(=O)[nH]c2SC2C3CC(C4C(=O)N(CCC(=O)O)C(=O)C34)C21. The van der Waals surface area contributed by atoms with Crippen molar-refractivity contribution in [3.05, 3.63) is 83.8 Å². The molecule has 1 saturated heterocycles. The normalized spacial score (nSPS) is 28.5. The molecular weight excluding hydrogens is 594 g/mol. The van der Waals surface area contributed by atoms with E-state index in [0.29, 0.717) is 22.8 Å². The number of rotatable bonds is 8. The van der Waals surface area contributed by atoms with Gasteiger partial charge in [0.25, 0.3) is 5.69 Å². The van der Waals surface area contributed by atoms with Gasteiger partial charge in [0.1, 0.15) is 12.4 Å². The number of carboxylic acids is 1.